The van der Waals surface area contributed by atoms with Crippen molar-refractivity contribution in [2.45, 2.75) is 12.7 Å². The summed E-state index contributed by atoms with van der Waals surface area (Å²) in [6, 6.07) is 7.12. The summed E-state index contributed by atoms with van der Waals surface area (Å²) < 4.78 is 15.8. The van der Waals surface area contributed by atoms with Crippen LogP contribution < -0.4 is 9.47 Å². The molecule has 2 heterocycles. The van der Waals surface area contributed by atoms with E-state index in [0.717, 1.165) is 5.56 Å². The Bertz CT molecular complexity index is 509. The molecule has 17 heavy (non-hydrogen) atoms. The topological polar surface area (TPSA) is 64.7 Å². The Morgan fingerprint density at radius 2 is 2.35 bits per heavy atom. The lowest BCUT2D eigenvalue weighted by molar-refractivity contribution is 0.140. The van der Waals surface area contributed by atoms with Crippen molar-refractivity contribution in [3.05, 3.63) is 41.8 Å². The summed E-state index contributed by atoms with van der Waals surface area (Å²) in [5, 5.41) is 13.2. The molecule has 0 aliphatic carbocycles. The van der Waals surface area contributed by atoms with Crippen LogP contribution in [0.4, 0.5) is 0 Å². The molecular formula is C12H11NO4. The predicted octanol–water partition coefficient (Wildman–Crippen LogP) is 1.68. The highest BCUT2D eigenvalue weighted by Gasteiger charge is 2.22. The standard InChI is InChI=1S/C12H11NO4/c14-11-7-16-12-5-8(1-2-10(11)12)15-6-9-3-4-13-17-9/h1-5,11,14H,6-7H2. The van der Waals surface area contributed by atoms with Crippen LogP contribution in [0.5, 0.6) is 11.5 Å². The fraction of sp³-hybridized carbons (Fsp3) is 0.250. The van der Waals surface area contributed by atoms with Crippen molar-refractivity contribution < 1.29 is 19.1 Å². The van der Waals surface area contributed by atoms with Gasteiger partial charge in [0.15, 0.2) is 5.76 Å². The minimum atomic E-state index is -0.534. The average molecular weight is 233 g/mol. The summed E-state index contributed by atoms with van der Waals surface area (Å²) in [4.78, 5) is 0. The van der Waals surface area contributed by atoms with Crippen LogP contribution in [-0.4, -0.2) is 16.9 Å². The Morgan fingerprint density at radius 1 is 1.41 bits per heavy atom. The molecule has 0 fully saturated rings. The fourth-order valence-corrected chi connectivity index (χ4v) is 1.73. The summed E-state index contributed by atoms with van der Waals surface area (Å²) in [6.07, 6.45) is 1.04. The number of rotatable bonds is 3. The molecule has 1 atom stereocenters. The van der Waals surface area contributed by atoms with Gasteiger partial charge in [0.1, 0.15) is 30.8 Å². The molecule has 2 aromatic rings. The van der Waals surface area contributed by atoms with Crippen molar-refractivity contribution in [1.29, 1.82) is 0 Å². The molecule has 1 aromatic carbocycles. The molecule has 1 unspecified atom stereocenters. The minimum Gasteiger partial charge on any atom is -0.490 e. The Kier molecular flexibility index (Phi) is 2.45. The molecule has 1 aliphatic heterocycles. The SMILES string of the molecule is OC1COc2cc(OCc3ccno3)ccc21. The summed E-state index contributed by atoms with van der Waals surface area (Å²) in [5.74, 6) is 2.01. The van der Waals surface area contributed by atoms with E-state index in [1.165, 1.54) is 0 Å². The van der Waals surface area contributed by atoms with Crippen molar-refractivity contribution in [2.75, 3.05) is 6.61 Å². The second kappa shape index (κ2) is 4.10. The van der Waals surface area contributed by atoms with Gasteiger partial charge in [-0.25, -0.2) is 0 Å². The van der Waals surface area contributed by atoms with Gasteiger partial charge in [-0.1, -0.05) is 5.16 Å². The van der Waals surface area contributed by atoms with Gasteiger partial charge in [-0.15, -0.1) is 0 Å². The van der Waals surface area contributed by atoms with Gasteiger partial charge in [0.05, 0.1) is 6.20 Å². The fourth-order valence-electron chi connectivity index (χ4n) is 1.73. The van der Waals surface area contributed by atoms with Crippen molar-refractivity contribution in [2.24, 2.45) is 0 Å². The third-order valence-electron chi connectivity index (χ3n) is 2.61. The Hall–Kier alpha value is -2.01. The molecule has 0 bridgehead atoms. The molecule has 5 nitrogen and oxygen atoms in total. The van der Waals surface area contributed by atoms with E-state index < -0.39 is 6.10 Å². The zero-order valence-electron chi connectivity index (χ0n) is 9.00. The van der Waals surface area contributed by atoms with Crippen molar-refractivity contribution >= 4 is 0 Å². The van der Waals surface area contributed by atoms with Crippen LogP contribution in [0.2, 0.25) is 0 Å². The van der Waals surface area contributed by atoms with Crippen LogP contribution in [0, 0.1) is 0 Å². The molecule has 1 aromatic heterocycles. The number of ether oxygens (including phenoxy) is 2. The number of fused-ring (bicyclic) bond motifs is 1. The third-order valence-corrected chi connectivity index (χ3v) is 2.61. The first-order valence-corrected chi connectivity index (χ1v) is 5.30. The highest BCUT2D eigenvalue weighted by atomic mass is 16.5. The number of hydrogen-bond donors (Lipinski definition) is 1. The maximum Gasteiger partial charge on any atom is 0.174 e. The Labute approximate surface area is 97.6 Å². The zero-order chi connectivity index (χ0) is 11.7. The van der Waals surface area contributed by atoms with Gasteiger partial charge < -0.3 is 19.1 Å². The summed E-state index contributed by atoms with van der Waals surface area (Å²) in [6.45, 7) is 0.627. The molecule has 88 valence electrons. The predicted molar refractivity (Wildman–Crippen MR) is 57.7 cm³/mol. The van der Waals surface area contributed by atoms with E-state index in [4.69, 9.17) is 14.0 Å². The minimum absolute atomic E-state index is 0.306. The molecule has 0 amide bonds. The van der Waals surface area contributed by atoms with Crippen LogP contribution in [0.15, 0.2) is 35.0 Å². The number of aliphatic hydroxyl groups excluding tert-OH is 1. The number of aromatic nitrogens is 1. The largest absolute Gasteiger partial charge is 0.490 e. The van der Waals surface area contributed by atoms with Crippen LogP contribution in [0.3, 0.4) is 0 Å². The number of aliphatic hydroxyl groups is 1. The van der Waals surface area contributed by atoms with E-state index in [9.17, 15) is 5.11 Å². The summed E-state index contributed by atoms with van der Waals surface area (Å²) >= 11 is 0. The lowest BCUT2D eigenvalue weighted by atomic mass is 10.1. The van der Waals surface area contributed by atoms with Gasteiger partial charge in [-0.3, -0.25) is 0 Å². The number of nitrogens with zero attached hydrogens (tertiary/aromatic N) is 1. The molecule has 0 radical (unpaired) electrons. The van der Waals surface area contributed by atoms with Gasteiger partial charge >= 0.3 is 0 Å². The van der Waals surface area contributed by atoms with Gasteiger partial charge in [0, 0.05) is 17.7 Å². The third kappa shape index (κ3) is 1.97. The van der Waals surface area contributed by atoms with E-state index in [0.29, 0.717) is 30.5 Å². The second-order valence-corrected chi connectivity index (χ2v) is 3.79. The van der Waals surface area contributed by atoms with E-state index in [1.54, 1.807) is 24.4 Å². The number of benzene rings is 1. The molecule has 3 rings (SSSR count). The Morgan fingerprint density at radius 3 is 3.18 bits per heavy atom. The van der Waals surface area contributed by atoms with Crippen LogP contribution in [0.1, 0.15) is 17.4 Å². The smallest absolute Gasteiger partial charge is 0.174 e. The van der Waals surface area contributed by atoms with Crippen molar-refractivity contribution in [3.8, 4) is 11.5 Å². The van der Waals surface area contributed by atoms with Crippen molar-refractivity contribution in [1.82, 2.24) is 5.16 Å². The first kappa shape index (κ1) is 10.2. The quantitative estimate of drug-likeness (QED) is 0.873. The maximum atomic E-state index is 9.56. The average Bonchev–Trinajstić information content (AvgIpc) is 2.97. The first-order valence-electron chi connectivity index (χ1n) is 5.30. The van der Waals surface area contributed by atoms with E-state index in [-0.39, 0.29) is 0 Å². The zero-order valence-corrected chi connectivity index (χ0v) is 9.00. The second-order valence-electron chi connectivity index (χ2n) is 3.79. The number of hydrogen-bond acceptors (Lipinski definition) is 5. The van der Waals surface area contributed by atoms with Crippen LogP contribution >= 0.6 is 0 Å². The maximum absolute atomic E-state index is 9.56. The monoisotopic (exact) mass is 233 g/mol. The van der Waals surface area contributed by atoms with Gasteiger partial charge in [0.25, 0.3) is 0 Å². The van der Waals surface area contributed by atoms with Crippen LogP contribution in [-0.2, 0) is 6.61 Å². The lowest BCUT2D eigenvalue weighted by Crippen LogP contribution is -1.97. The van der Waals surface area contributed by atoms with Gasteiger partial charge in [-0.2, -0.15) is 0 Å². The molecule has 0 spiro atoms. The summed E-state index contributed by atoms with van der Waals surface area (Å²) in [7, 11) is 0. The molecule has 1 N–H and O–H groups in total. The summed E-state index contributed by atoms with van der Waals surface area (Å²) in [5.41, 5.74) is 0.803. The normalized spacial score (nSPS) is 17.6. The van der Waals surface area contributed by atoms with Gasteiger partial charge in [-0.05, 0) is 12.1 Å². The molecule has 0 saturated heterocycles. The lowest BCUT2D eigenvalue weighted by Gasteiger charge is -2.06. The molecule has 0 saturated carbocycles. The molecule has 1 aliphatic rings. The van der Waals surface area contributed by atoms with Gasteiger partial charge in [0.2, 0.25) is 0 Å². The van der Waals surface area contributed by atoms with E-state index >= 15 is 0 Å². The van der Waals surface area contributed by atoms with Crippen LogP contribution in [0.25, 0.3) is 0 Å². The highest BCUT2D eigenvalue weighted by Crippen LogP contribution is 2.35. The van der Waals surface area contributed by atoms with E-state index in [1.807, 2.05) is 6.07 Å². The van der Waals surface area contributed by atoms with E-state index in [2.05, 4.69) is 5.16 Å². The molecule has 5 heteroatoms. The Balaban J connectivity index is 1.72. The first-order chi connectivity index (χ1) is 8.33. The molecular weight excluding hydrogens is 222 g/mol. The van der Waals surface area contributed by atoms with Crippen molar-refractivity contribution in [3.63, 3.8) is 0 Å². The highest BCUT2D eigenvalue weighted by molar-refractivity contribution is 5.44.